The Bertz CT molecular complexity index is 703. The summed E-state index contributed by atoms with van der Waals surface area (Å²) in [5, 5.41) is 6.53. The average Bonchev–Trinajstić information content (AvgIpc) is 2.84. The first kappa shape index (κ1) is 11.2. The summed E-state index contributed by atoms with van der Waals surface area (Å²) in [6, 6.07) is 10.1. The van der Waals surface area contributed by atoms with Crippen LogP contribution in [0.2, 0.25) is 0 Å². The van der Waals surface area contributed by atoms with Gasteiger partial charge in [-0.2, -0.15) is 5.10 Å². The van der Waals surface area contributed by atoms with Crippen LogP contribution in [0.25, 0.3) is 16.6 Å². The van der Waals surface area contributed by atoms with Gasteiger partial charge in [0, 0.05) is 11.6 Å². The van der Waals surface area contributed by atoms with Gasteiger partial charge in [0.05, 0.1) is 17.8 Å². The molecule has 0 fully saturated rings. The number of alkyl halides is 1. The summed E-state index contributed by atoms with van der Waals surface area (Å²) < 4.78 is 1.80. The number of pyridine rings is 1. The summed E-state index contributed by atoms with van der Waals surface area (Å²) in [6.07, 6.45) is 3.79. The topological polar surface area (TPSA) is 30.7 Å². The molecule has 0 saturated heterocycles. The molecule has 0 radical (unpaired) electrons. The van der Waals surface area contributed by atoms with E-state index < -0.39 is 0 Å². The van der Waals surface area contributed by atoms with Gasteiger partial charge in [-0.05, 0) is 23.9 Å². The van der Waals surface area contributed by atoms with Crippen molar-refractivity contribution < 1.29 is 0 Å². The Kier molecular flexibility index (Phi) is 2.76. The number of benzene rings is 1. The number of nitrogens with zero attached hydrogens (tertiary/aromatic N) is 3. The van der Waals surface area contributed by atoms with E-state index in [1.54, 1.807) is 4.68 Å². The number of hydrogen-bond acceptors (Lipinski definition) is 2. The Hall–Kier alpha value is -1.87. The maximum absolute atomic E-state index is 5.90. The molecule has 0 aliphatic heterocycles. The smallest absolute Gasteiger partial charge is 0.161 e. The maximum atomic E-state index is 5.90. The number of aryl methyl sites for hydroxylation is 1. The summed E-state index contributed by atoms with van der Waals surface area (Å²) in [7, 11) is 0. The minimum atomic E-state index is 0.401. The van der Waals surface area contributed by atoms with Gasteiger partial charge in [-0.3, -0.25) is 0 Å². The van der Waals surface area contributed by atoms with Crippen molar-refractivity contribution in [3.05, 3.63) is 54.0 Å². The second-order valence-corrected chi connectivity index (χ2v) is 4.52. The van der Waals surface area contributed by atoms with Crippen LogP contribution >= 0.6 is 11.6 Å². The first-order valence-corrected chi connectivity index (χ1v) is 6.27. The highest BCUT2D eigenvalue weighted by atomic mass is 35.5. The molecule has 90 valence electrons. The molecular formula is C14H12ClN3. The lowest BCUT2D eigenvalue weighted by Gasteiger charge is -2.07. The monoisotopic (exact) mass is 257 g/mol. The van der Waals surface area contributed by atoms with Gasteiger partial charge >= 0.3 is 0 Å². The van der Waals surface area contributed by atoms with Crippen LogP contribution in [0.4, 0.5) is 0 Å². The zero-order valence-corrected chi connectivity index (χ0v) is 10.7. The third kappa shape index (κ3) is 1.87. The van der Waals surface area contributed by atoms with Crippen molar-refractivity contribution in [2.75, 3.05) is 0 Å². The molecule has 3 nitrogen and oxygen atoms in total. The number of aromatic nitrogens is 3. The van der Waals surface area contributed by atoms with Gasteiger partial charge in [0.2, 0.25) is 0 Å². The number of hydrogen-bond donors (Lipinski definition) is 0. The van der Waals surface area contributed by atoms with Crippen molar-refractivity contribution in [2.45, 2.75) is 12.8 Å². The van der Waals surface area contributed by atoms with E-state index in [-0.39, 0.29) is 0 Å². The normalized spacial score (nSPS) is 11.0. The van der Waals surface area contributed by atoms with Crippen LogP contribution in [0.5, 0.6) is 0 Å². The van der Waals surface area contributed by atoms with Crippen LogP contribution in [-0.2, 0) is 5.88 Å². The minimum Gasteiger partial charge on any atom is -0.232 e. The molecule has 0 amide bonds. The molecule has 4 heteroatoms. The highest BCUT2D eigenvalue weighted by Crippen LogP contribution is 2.22. The highest BCUT2D eigenvalue weighted by molar-refractivity contribution is 6.17. The largest absolute Gasteiger partial charge is 0.232 e. The van der Waals surface area contributed by atoms with Crippen molar-refractivity contribution in [3.8, 4) is 5.82 Å². The first-order valence-electron chi connectivity index (χ1n) is 5.74. The van der Waals surface area contributed by atoms with Crippen molar-refractivity contribution in [3.63, 3.8) is 0 Å². The van der Waals surface area contributed by atoms with Crippen LogP contribution < -0.4 is 0 Å². The fourth-order valence-corrected chi connectivity index (χ4v) is 2.14. The van der Waals surface area contributed by atoms with Crippen molar-refractivity contribution >= 4 is 22.4 Å². The zero-order chi connectivity index (χ0) is 12.5. The Morgan fingerprint density at radius 3 is 2.83 bits per heavy atom. The molecular weight excluding hydrogens is 246 g/mol. The molecule has 0 unspecified atom stereocenters. The molecule has 1 aromatic carbocycles. The van der Waals surface area contributed by atoms with E-state index in [0.717, 1.165) is 27.8 Å². The lowest BCUT2D eigenvalue weighted by Crippen LogP contribution is -2.01. The van der Waals surface area contributed by atoms with Gasteiger partial charge in [0.1, 0.15) is 0 Å². The van der Waals surface area contributed by atoms with Crippen LogP contribution in [0.3, 0.4) is 0 Å². The van der Waals surface area contributed by atoms with Gasteiger partial charge in [0.25, 0.3) is 0 Å². The van der Waals surface area contributed by atoms with Gasteiger partial charge < -0.3 is 0 Å². The summed E-state index contributed by atoms with van der Waals surface area (Å²) in [5.74, 6) is 1.23. The molecule has 0 saturated carbocycles. The van der Waals surface area contributed by atoms with E-state index in [2.05, 4.69) is 16.1 Å². The fraction of sp³-hybridized carbons (Fsp3) is 0.143. The second kappa shape index (κ2) is 4.42. The van der Waals surface area contributed by atoms with Gasteiger partial charge in [-0.1, -0.05) is 24.3 Å². The lowest BCUT2D eigenvalue weighted by atomic mass is 10.1. The predicted molar refractivity (Wildman–Crippen MR) is 73.2 cm³/mol. The second-order valence-electron chi connectivity index (χ2n) is 4.25. The molecule has 0 atom stereocenters. The Morgan fingerprint density at radius 2 is 2.11 bits per heavy atom. The van der Waals surface area contributed by atoms with E-state index in [9.17, 15) is 0 Å². The molecule has 0 spiro atoms. The van der Waals surface area contributed by atoms with E-state index in [0.29, 0.717) is 5.88 Å². The maximum Gasteiger partial charge on any atom is 0.161 e. The molecule has 0 bridgehead atoms. The Morgan fingerprint density at radius 1 is 1.28 bits per heavy atom. The molecule has 0 N–H and O–H groups in total. The van der Waals surface area contributed by atoms with Crippen molar-refractivity contribution in [2.24, 2.45) is 0 Å². The van der Waals surface area contributed by atoms with Crippen molar-refractivity contribution in [1.29, 1.82) is 0 Å². The van der Waals surface area contributed by atoms with Gasteiger partial charge in [-0.25, -0.2) is 9.67 Å². The van der Waals surface area contributed by atoms with E-state index >= 15 is 0 Å². The molecule has 3 aromatic rings. The van der Waals surface area contributed by atoms with Gasteiger partial charge in [-0.15, -0.1) is 11.6 Å². The van der Waals surface area contributed by atoms with Crippen LogP contribution in [-0.4, -0.2) is 14.8 Å². The summed E-state index contributed by atoms with van der Waals surface area (Å²) in [5.41, 5.74) is 1.97. The summed E-state index contributed by atoms with van der Waals surface area (Å²) in [4.78, 5) is 4.57. The van der Waals surface area contributed by atoms with E-state index in [1.165, 1.54) is 0 Å². The summed E-state index contributed by atoms with van der Waals surface area (Å²) >= 11 is 5.90. The average molecular weight is 258 g/mol. The zero-order valence-electron chi connectivity index (χ0n) is 9.97. The summed E-state index contributed by atoms with van der Waals surface area (Å²) in [6.45, 7) is 2.01. The van der Waals surface area contributed by atoms with Crippen LogP contribution in [0.1, 0.15) is 11.3 Å². The number of fused-ring (bicyclic) bond motifs is 1. The highest BCUT2D eigenvalue weighted by Gasteiger charge is 2.08. The lowest BCUT2D eigenvalue weighted by molar-refractivity contribution is 0.848. The number of rotatable bonds is 2. The Labute approximate surface area is 110 Å². The van der Waals surface area contributed by atoms with Crippen LogP contribution in [0.15, 0.2) is 42.7 Å². The molecule has 18 heavy (non-hydrogen) atoms. The fourth-order valence-electron chi connectivity index (χ4n) is 2.01. The third-order valence-electron chi connectivity index (χ3n) is 2.84. The Balaban J connectivity index is 2.32. The molecule has 2 aromatic heterocycles. The minimum absolute atomic E-state index is 0.401. The SMILES string of the molecule is Cc1cnn(-c2nc(CCl)cc3ccccc23)c1. The van der Waals surface area contributed by atoms with E-state index in [1.807, 2.05) is 43.6 Å². The third-order valence-corrected chi connectivity index (χ3v) is 3.11. The molecule has 0 aliphatic carbocycles. The quantitative estimate of drug-likeness (QED) is 0.658. The predicted octanol–water partition coefficient (Wildman–Crippen LogP) is 3.47. The molecule has 3 rings (SSSR count). The van der Waals surface area contributed by atoms with Crippen molar-refractivity contribution in [1.82, 2.24) is 14.8 Å². The van der Waals surface area contributed by atoms with E-state index in [4.69, 9.17) is 11.6 Å². The van der Waals surface area contributed by atoms with Crippen LogP contribution in [0, 0.1) is 6.92 Å². The number of halogens is 1. The molecule has 0 aliphatic rings. The first-order chi connectivity index (χ1) is 8.78. The molecule has 2 heterocycles. The van der Waals surface area contributed by atoms with Gasteiger partial charge in [0.15, 0.2) is 5.82 Å². The standard InChI is InChI=1S/C14H12ClN3/c1-10-8-16-18(9-10)14-13-5-3-2-4-11(13)6-12(7-15)17-14/h2-6,8-9H,7H2,1H3.